The van der Waals surface area contributed by atoms with Crippen molar-refractivity contribution >= 4 is 41.4 Å². The van der Waals surface area contributed by atoms with Gasteiger partial charge >= 0.3 is 0 Å². The summed E-state index contributed by atoms with van der Waals surface area (Å²) in [4.78, 5) is 4.47. The van der Waals surface area contributed by atoms with Crippen molar-refractivity contribution in [1.29, 1.82) is 0 Å². The maximum absolute atomic E-state index is 4.47. The van der Waals surface area contributed by atoms with E-state index >= 15 is 0 Å². The molecule has 19 heavy (non-hydrogen) atoms. The maximum Gasteiger partial charge on any atom is 0.0703 e. The third kappa shape index (κ3) is 3.96. The number of fused-ring (bicyclic) bond motifs is 1. The van der Waals surface area contributed by atoms with Crippen molar-refractivity contribution in [2.75, 3.05) is 18.4 Å². The molecule has 0 radical (unpaired) electrons. The first kappa shape index (κ1) is 16.0. The average Bonchev–Trinajstić information content (AvgIpc) is 2.40. The van der Waals surface area contributed by atoms with Crippen molar-refractivity contribution in [3.05, 3.63) is 36.5 Å². The van der Waals surface area contributed by atoms with Crippen LogP contribution in [-0.4, -0.2) is 24.1 Å². The van der Waals surface area contributed by atoms with Crippen LogP contribution in [-0.2, 0) is 0 Å². The van der Waals surface area contributed by atoms with Crippen molar-refractivity contribution in [3.63, 3.8) is 0 Å². The van der Waals surface area contributed by atoms with E-state index in [9.17, 15) is 0 Å². The van der Waals surface area contributed by atoms with Crippen molar-refractivity contribution in [2.45, 2.75) is 18.9 Å². The van der Waals surface area contributed by atoms with Gasteiger partial charge in [0.1, 0.15) is 0 Å². The zero-order chi connectivity index (χ0) is 11.5. The molecule has 1 aliphatic rings. The summed E-state index contributed by atoms with van der Waals surface area (Å²) in [6.07, 6.45) is 4.31. The van der Waals surface area contributed by atoms with Gasteiger partial charge in [-0.2, -0.15) is 0 Å². The number of halogens is 2. The molecule has 3 nitrogen and oxygen atoms in total. The molecule has 0 unspecified atom stereocenters. The Kier molecular flexibility index (Phi) is 6.35. The van der Waals surface area contributed by atoms with Gasteiger partial charge in [-0.1, -0.05) is 18.2 Å². The predicted octanol–water partition coefficient (Wildman–Crippen LogP) is 3.24. The minimum absolute atomic E-state index is 0. The number of piperidine rings is 1. The topological polar surface area (TPSA) is 37.0 Å². The fraction of sp³-hybridized carbons (Fsp3) is 0.357. The normalized spacial score (nSPS) is 15.4. The quantitative estimate of drug-likeness (QED) is 0.894. The number of pyridine rings is 1. The molecule has 0 atom stereocenters. The minimum Gasteiger partial charge on any atom is -0.381 e. The molecular weight excluding hydrogens is 281 g/mol. The van der Waals surface area contributed by atoms with E-state index in [1.54, 1.807) is 0 Å². The van der Waals surface area contributed by atoms with Crippen LogP contribution in [0.3, 0.4) is 0 Å². The molecule has 2 aromatic rings. The summed E-state index contributed by atoms with van der Waals surface area (Å²) < 4.78 is 0. The van der Waals surface area contributed by atoms with Crippen LogP contribution in [0.4, 0.5) is 5.69 Å². The number of hydrogen-bond acceptors (Lipinski definition) is 3. The summed E-state index contributed by atoms with van der Waals surface area (Å²) in [7, 11) is 0. The Hall–Kier alpha value is -1.03. The first-order valence-electron chi connectivity index (χ1n) is 6.24. The second kappa shape index (κ2) is 7.53. The summed E-state index contributed by atoms with van der Waals surface area (Å²) in [5.74, 6) is 0. The molecule has 1 aliphatic heterocycles. The zero-order valence-electron chi connectivity index (χ0n) is 10.6. The average molecular weight is 300 g/mol. The van der Waals surface area contributed by atoms with E-state index in [0.29, 0.717) is 6.04 Å². The number of hydrogen-bond donors (Lipinski definition) is 2. The lowest BCUT2D eigenvalue weighted by Gasteiger charge is -2.24. The van der Waals surface area contributed by atoms with E-state index in [-0.39, 0.29) is 24.8 Å². The molecule has 2 N–H and O–H groups in total. The predicted molar refractivity (Wildman–Crippen MR) is 85.8 cm³/mol. The van der Waals surface area contributed by atoms with Crippen LogP contribution in [0.1, 0.15) is 12.8 Å². The number of aromatic nitrogens is 1. The van der Waals surface area contributed by atoms with Crippen molar-refractivity contribution < 1.29 is 0 Å². The van der Waals surface area contributed by atoms with E-state index in [0.717, 1.165) is 24.3 Å². The monoisotopic (exact) mass is 299 g/mol. The third-order valence-corrected chi connectivity index (χ3v) is 3.30. The SMILES string of the molecule is Cl.Cl.c1ccc2ncc(NC3CCNCC3)cc2c1. The number of nitrogens with one attached hydrogen (secondary N) is 2. The van der Waals surface area contributed by atoms with Crippen LogP contribution in [0, 0.1) is 0 Å². The van der Waals surface area contributed by atoms with Crippen LogP contribution in [0.25, 0.3) is 10.9 Å². The first-order valence-corrected chi connectivity index (χ1v) is 6.24. The second-order valence-electron chi connectivity index (χ2n) is 4.59. The molecule has 3 rings (SSSR count). The Labute approximate surface area is 126 Å². The molecular formula is C14H19Cl2N3. The highest BCUT2D eigenvalue weighted by Crippen LogP contribution is 2.18. The van der Waals surface area contributed by atoms with Gasteiger partial charge in [0, 0.05) is 11.4 Å². The summed E-state index contributed by atoms with van der Waals surface area (Å²) in [6, 6.07) is 11.0. The highest BCUT2D eigenvalue weighted by molar-refractivity contribution is 5.85. The number of para-hydroxylation sites is 1. The van der Waals surface area contributed by atoms with E-state index < -0.39 is 0 Å². The number of anilines is 1. The van der Waals surface area contributed by atoms with E-state index in [1.807, 2.05) is 18.3 Å². The summed E-state index contributed by atoms with van der Waals surface area (Å²) >= 11 is 0. The molecule has 1 saturated heterocycles. The van der Waals surface area contributed by atoms with Gasteiger partial charge in [0.05, 0.1) is 17.4 Å². The van der Waals surface area contributed by atoms with Crippen LogP contribution in [0.5, 0.6) is 0 Å². The van der Waals surface area contributed by atoms with Gasteiger partial charge in [-0.05, 0) is 38.1 Å². The first-order chi connectivity index (χ1) is 8.42. The summed E-state index contributed by atoms with van der Waals surface area (Å²) in [5.41, 5.74) is 2.19. The molecule has 0 aliphatic carbocycles. The van der Waals surface area contributed by atoms with Gasteiger partial charge in [0.2, 0.25) is 0 Å². The van der Waals surface area contributed by atoms with Crippen molar-refractivity contribution in [3.8, 4) is 0 Å². The van der Waals surface area contributed by atoms with Gasteiger partial charge in [0.15, 0.2) is 0 Å². The fourth-order valence-corrected chi connectivity index (χ4v) is 2.35. The van der Waals surface area contributed by atoms with Gasteiger partial charge in [0.25, 0.3) is 0 Å². The lowest BCUT2D eigenvalue weighted by Crippen LogP contribution is -2.35. The van der Waals surface area contributed by atoms with Crippen LogP contribution >= 0.6 is 24.8 Å². The lowest BCUT2D eigenvalue weighted by molar-refractivity contribution is 0.479. The summed E-state index contributed by atoms with van der Waals surface area (Å²) in [5, 5.41) is 8.15. The number of benzene rings is 1. The molecule has 0 saturated carbocycles. The zero-order valence-corrected chi connectivity index (χ0v) is 12.3. The molecule has 104 valence electrons. The van der Waals surface area contributed by atoms with Gasteiger partial charge in [-0.25, -0.2) is 0 Å². The molecule has 1 aromatic heterocycles. The van der Waals surface area contributed by atoms with E-state index in [1.165, 1.54) is 18.2 Å². The Bertz CT molecular complexity index is 513. The van der Waals surface area contributed by atoms with Crippen LogP contribution in [0.2, 0.25) is 0 Å². The smallest absolute Gasteiger partial charge is 0.0703 e. The largest absolute Gasteiger partial charge is 0.381 e. The van der Waals surface area contributed by atoms with Gasteiger partial charge in [-0.15, -0.1) is 24.8 Å². The third-order valence-electron chi connectivity index (χ3n) is 3.30. The van der Waals surface area contributed by atoms with E-state index in [2.05, 4.69) is 33.8 Å². The standard InChI is InChI=1S/C14H17N3.2ClH/c1-2-4-14-11(3-1)9-13(10-16-14)17-12-5-7-15-8-6-12;;/h1-4,9-10,12,15,17H,5-8H2;2*1H. The highest BCUT2D eigenvalue weighted by Gasteiger charge is 2.12. The fourth-order valence-electron chi connectivity index (χ4n) is 2.35. The molecule has 5 heteroatoms. The Morgan fingerprint density at radius 1 is 1.11 bits per heavy atom. The Balaban J connectivity index is 0.000000902. The molecule has 1 aromatic carbocycles. The molecule has 1 fully saturated rings. The summed E-state index contributed by atoms with van der Waals surface area (Å²) in [6.45, 7) is 2.22. The van der Waals surface area contributed by atoms with Crippen molar-refractivity contribution in [1.82, 2.24) is 10.3 Å². The van der Waals surface area contributed by atoms with Crippen molar-refractivity contribution in [2.24, 2.45) is 0 Å². The maximum atomic E-state index is 4.47. The van der Waals surface area contributed by atoms with Gasteiger partial charge < -0.3 is 10.6 Å². The van der Waals surface area contributed by atoms with E-state index in [4.69, 9.17) is 0 Å². The second-order valence-corrected chi connectivity index (χ2v) is 4.59. The van der Waals surface area contributed by atoms with Gasteiger partial charge in [-0.3, -0.25) is 4.98 Å². The Morgan fingerprint density at radius 3 is 2.63 bits per heavy atom. The van der Waals surface area contributed by atoms with Crippen LogP contribution < -0.4 is 10.6 Å². The molecule has 0 amide bonds. The highest BCUT2D eigenvalue weighted by atomic mass is 35.5. The number of rotatable bonds is 2. The minimum atomic E-state index is 0. The molecule has 2 heterocycles. The lowest BCUT2D eigenvalue weighted by atomic mass is 10.1. The van der Waals surface area contributed by atoms with Crippen LogP contribution in [0.15, 0.2) is 36.5 Å². The molecule has 0 bridgehead atoms. The molecule has 0 spiro atoms. The Morgan fingerprint density at radius 2 is 1.84 bits per heavy atom. The number of nitrogens with zero attached hydrogens (tertiary/aromatic N) is 1.